The van der Waals surface area contributed by atoms with Crippen molar-refractivity contribution in [2.24, 2.45) is 11.8 Å². The molecule has 0 fully saturated rings. The summed E-state index contributed by atoms with van der Waals surface area (Å²) in [4.78, 5) is 23.5. The van der Waals surface area contributed by atoms with Crippen molar-refractivity contribution in [1.29, 1.82) is 0 Å². The summed E-state index contributed by atoms with van der Waals surface area (Å²) in [5.41, 5.74) is 0. The van der Waals surface area contributed by atoms with E-state index in [-0.39, 0.29) is 11.8 Å². The zero-order valence-corrected chi connectivity index (χ0v) is 30.6. The minimum absolute atomic E-state index is 0.229. The van der Waals surface area contributed by atoms with E-state index < -0.39 is 11.9 Å². The highest BCUT2D eigenvalue weighted by Gasteiger charge is 2.18. The molecule has 0 saturated heterocycles. The Balaban J connectivity index is 3.69. The van der Waals surface area contributed by atoms with Gasteiger partial charge in [-0.15, -0.1) is 0 Å². The number of carbonyl (C=O) groups is 2. The Morgan fingerprint density at radius 1 is 0.311 bits per heavy atom. The van der Waals surface area contributed by atoms with Gasteiger partial charge in [0.2, 0.25) is 0 Å². The average Bonchev–Trinajstić information content (AvgIpc) is 3.02. The van der Waals surface area contributed by atoms with Crippen LogP contribution in [0.15, 0.2) is 0 Å². The lowest BCUT2D eigenvalue weighted by Crippen LogP contribution is -2.14. The van der Waals surface area contributed by atoms with E-state index in [1.54, 1.807) is 0 Å². The van der Waals surface area contributed by atoms with Crippen molar-refractivity contribution in [2.75, 3.05) is 0 Å². The predicted octanol–water partition coefficient (Wildman–Crippen LogP) is 14.1. The first kappa shape index (κ1) is 43.9. The molecular formula is C41H80O4. The largest absolute Gasteiger partial charge is 0.481 e. The van der Waals surface area contributed by atoms with E-state index >= 15 is 0 Å². The number of unbranched alkanes of at least 4 members (excludes halogenated alkanes) is 28. The fourth-order valence-electron chi connectivity index (χ4n) is 6.91. The van der Waals surface area contributed by atoms with Crippen molar-refractivity contribution in [2.45, 2.75) is 239 Å². The second kappa shape index (κ2) is 35.8. The van der Waals surface area contributed by atoms with Crippen LogP contribution in [-0.4, -0.2) is 22.2 Å². The molecule has 0 aliphatic rings. The van der Waals surface area contributed by atoms with Crippen LogP contribution in [-0.2, 0) is 9.59 Å². The number of hydrogen-bond acceptors (Lipinski definition) is 2. The monoisotopic (exact) mass is 637 g/mol. The standard InChI is InChI=1S/C41H80O4/c1-3-5-7-9-11-13-15-17-19-21-23-25-27-30-34-38(40(42)43)36-32-29-33-37-39(41(44)45)35-31-28-26-24-22-20-18-16-14-12-10-8-6-4-2/h38-39H,3-37H2,1-2H3,(H,42,43)(H,44,45). The summed E-state index contributed by atoms with van der Waals surface area (Å²) in [6, 6.07) is 0. The van der Waals surface area contributed by atoms with Gasteiger partial charge < -0.3 is 10.2 Å². The molecule has 0 aromatic rings. The van der Waals surface area contributed by atoms with E-state index in [9.17, 15) is 19.8 Å². The van der Waals surface area contributed by atoms with E-state index in [0.29, 0.717) is 0 Å². The molecule has 0 aliphatic carbocycles. The van der Waals surface area contributed by atoms with Gasteiger partial charge in [0, 0.05) is 0 Å². The second-order valence-corrected chi connectivity index (χ2v) is 14.5. The Bertz CT molecular complexity index is 567. The van der Waals surface area contributed by atoms with Crippen LogP contribution in [0.4, 0.5) is 0 Å². The molecule has 0 bridgehead atoms. The van der Waals surface area contributed by atoms with E-state index in [0.717, 1.165) is 70.6 Å². The maximum atomic E-state index is 11.8. The molecular weight excluding hydrogens is 556 g/mol. The summed E-state index contributed by atoms with van der Waals surface area (Å²) in [7, 11) is 0. The highest BCUT2D eigenvalue weighted by Crippen LogP contribution is 2.23. The van der Waals surface area contributed by atoms with Gasteiger partial charge in [0.15, 0.2) is 0 Å². The summed E-state index contributed by atoms with van der Waals surface area (Å²) in [6.07, 6.45) is 42.8. The smallest absolute Gasteiger partial charge is 0.306 e. The Labute approximate surface area is 281 Å². The Hall–Kier alpha value is -1.06. The van der Waals surface area contributed by atoms with Crippen molar-refractivity contribution in [3.05, 3.63) is 0 Å². The van der Waals surface area contributed by atoms with Gasteiger partial charge in [-0.1, -0.05) is 213 Å². The summed E-state index contributed by atoms with van der Waals surface area (Å²) in [5, 5.41) is 19.3. The van der Waals surface area contributed by atoms with Crippen molar-refractivity contribution in [3.8, 4) is 0 Å². The molecule has 0 aromatic carbocycles. The van der Waals surface area contributed by atoms with Crippen LogP contribution in [0, 0.1) is 11.8 Å². The first-order chi connectivity index (χ1) is 22.0. The molecule has 0 rings (SSSR count). The molecule has 4 heteroatoms. The minimum Gasteiger partial charge on any atom is -0.481 e. The van der Waals surface area contributed by atoms with Crippen LogP contribution < -0.4 is 0 Å². The molecule has 0 heterocycles. The molecule has 0 aromatic heterocycles. The SMILES string of the molecule is CCCCCCCCCCCCCCCCC(CCCCCC(CCCCCCCCCCCCCCCC)C(=O)O)C(=O)O. The normalized spacial score (nSPS) is 12.8. The lowest BCUT2D eigenvalue weighted by Gasteiger charge is -2.14. The molecule has 2 N–H and O–H groups in total. The summed E-state index contributed by atoms with van der Waals surface area (Å²) < 4.78 is 0. The molecule has 0 amide bonds. The van der Waals surface area contributed by atoms with E-state index in [1.165, 1.54) is 154 Å². The number of carboxylic acid groups (broad SMARTS) is 2. The number of aliphatic carboxylic acids is 2. The highest BCUT2D eigenvalue weighted by atomic mass is 16.4. The maximum absolute atomic E-state index is 11.8. The third-order valence-electron chi connectivity index (χ3n) is 10.1. The van der Waals surface area contributed by atoms with Gasteiger partial charge in [-0.3, -0.25) is 9.59 Å². The molecule has 45 heavy (non-hydrogen) atoms. The topological polar surface area (TPSA) is 74.6 Å². The van der Waals surface area contributed by atoms with Crippen molar-refractivity contribution in [1.82, 2.24) is 0 Å². The summed E-state index contributed by atoms with van der Waals surface area (Å²) >= 11 is 0. The molecule has 4 nitrogen and oxygen atoms in total. The lowest BCUT2D eigenvalue weighted by atomic mass is 9.92. The van der Waals surface area contributed by atoms with E-state index in [1.807, 2.05) is 0 Å². The molecule has 2 atom stereocenters. The average molecular weight is 637 g/mol. The molecule has 0 aliphatic heterocycles. The van der Waals surface area contributed by atoms with Crippen molar-refractivity contribution >= 4 is 11.9 Å². The number of carboxylic acids is 2. The van der Waals surface area contributed by atoms with Crippen LogP contribution in [0.5, 0.6) is 0 Å². The first-order valence-corrected chi connectivity index (χ1v) is 20.5. The third-order valence-corrected chi connectivity index (χ3v) is 10.1. The summed E-state index contributed by atoms with van der Waals surface area (Å²) in [5.74, 6) is -1.75. The Morgan fingerprint density at radius 2 is 0.467 bits per heavy atom. The van der Waals surface area contributed by atoms with Gasteiger partial charge in [0.1, 0.15) is 0 Å². The van der Waals surface area contributed by atoms with Crippen LogP contribution in [0.25, 0.3) is 0 Å². The van der Waals surface area contributed by atoms with E-state index in [2.05, 4.69) is 13.8 Å². The first-order valence-electron chi connectivity index (χ1n) is 20.5. The lowest BCUT2D eigenvalue weighted by molar-refractivity contribution is -0.143. The quantitative estimate of drug-likeness (QED) is 0.0661. The fraction of sp³-hybridized carbons (Fsp3) is 0.951. The zero-order valence-electron chi connectivity index (χ0n) is 30.6. The molecule has 0 spiro atoms. The Kier molecular flexibility index (Phi) is 34.9. The number of rotatable bonds is 38. The maximum Gasteiger partial charge on any atom is 0.306 e. The van der Waals surface area contributed by atoms with Crippen LogP contribution >= 0.6 is 0 Å². The molecule has 0 saturated carbocycles. The Morgan fingerprint density at radius 3 is 0.644 bits per heavy atom. The third kappa shape index (κ3) is 32.7. The zero-order chi connectivity index (χ0) is 33.1. The van der Waals surface area contributed by atoms with Gasteiger partial charge in [-0.2, -0.15) is 0 Å². The van der Waals surface area contributed by atoms with Gasteiger partial charge in [0.05, 0.1) is 11.8 Å². The molecule has 268 valence electrons. The minimum atomic E-state index is -0.647. The van der Waals surface area contributed by atoms with Gasteiger partial charge in [-0.05, 0) is 25.7 Å². The van der Waals surface area contributed by atoms with Crippen LogP contribution in [0.3, 0.4) is 0 Å². The van der Waals surface area contributed by atoms with Gasteiger partial charge >= 0.3 is 11.9 Å². The van der Waals surface area contributed by atoms with Gasteiger partial charge in [-0.25, -0.2) is 0 Å². The predicted molar refractivity (Wildman–Crippen MR) is 195 cm³/mol. The van der Waals surface area contributed by atoms with Crippen molar-refractivity contribution in [3.63, 3.8) is 0 Å². The van der Waals surface area contributed by atoms with E-state index in [4.69, 9.17) is 0 Å². The van der Waals surface area contributed by atoms with Crippen LogP contribution in [0.1, 0.15) is 239 Å². The fourth-order valence-corrected chi connectivity index (χ4v) is 6.91. The van der Waals surface area contributed by atoms with Crippen LogP contribution in [0.2, 0.25) is 0 Å². The highest BCUT2D eigenvalue weighted by molar-refractivity contribution is 5.70. The van der Waals surface area contributed by atoms with Crippen molar-refractivity contribution < 1.29 is 19.8 Å². The van der Waals surface area contributed by atoms with Gasteiger partial charge in [0.25, 0.3) is 0 Å². The molecule has 2 unspecified atom stereocenters. The molecule has 0 radical (unpaired) electrons. The second-order valence-electron chi connectivity index (χ2n) is 14.5. The number of hydrogen-bond donors (Lipinski definition) is 2. The summed E-state index contributed by atoms with van der Waals surface area (Å²) in [6.45, 7) is 4.55.